The minimum Gasteiger partial charge on any atom is -0.496 e. The van der Waals surface area contributed by atoms with Crippen molar-refractivity contribution in [3.8, 4) is 5.75 Å². The lowest BCUT2D eigenvalue weighted by atomic mass is 9.64. The first-order valence-corrected chi connectivity index (χ1v) is 7.16. The molecule has 1 aromatic carbocycles. The Morgan fingerprint density at radius 3 is 2.68 bits per heavy atom. The molecule has 3 nitrogen and oxygen atoms in total. The monoisotopic (exact) mass is 259 g/mol. The van der Waals surface area contributed by atoms with E-state index in [1.165, 1.54) is 12.0 Å². The molecule has 0 spiro atoms. The number of methoxy groups -OCH3 is 1. The highest BCUT2D eigenvalue weighted by molar-refractivity contribution is 5.81. The normalized spacial score (nSPS) is 20.5. The Bertz CT molecular complexity index is 475. The van der Waals surface area contributed by atoms with Gasteiger partial charge in [-0.3, -0.25) is 4.79 Å². The average molecular weight is 259 g/mol. The fourth-order valence-corrected chi connectivity index (χ4v) is 2.97. The summed E-state index contributed by atoms with van der Waals surface area (Å²) >= 11 is 0. The first-order valence-electron chi connectivity index (χ1n) is 7.16. The molecule has 19 heavy (non-hydrogen) atoms. The summed E-state index contributed by atoms with van der Waals surface area (Å²) in [7, 11) is 1.72. The molecule has 0 saturated heterocycles. The van der Waals surface area contributed by atoms with Crippen molar-refractivity contribution in [2.45, 2.75) is 37.5 Å². The zero-order valence-electron chi connectivity index (χ0n) is 11.4. The van der Waals surface area contributed by atoms with Crippen molar-refractivity contribution in [3.63, 3.8) is 0 Å². The van der Waals surface area contributed by atoms with Crippen LogP contribution in [0, 0.1) is 5.92 Å². The Balaban J connectivity index is 1.76. The van der Waals surface area contributed by atoms with Gasteiger partial charge in [0.1, 0.15) is 5.75 Å². The topological polar surface area (TPSA) is 38.3 Å². The van der Waals surface area contributed by atoms with E-state index >= 15 is 0 Å². The SMILES string of the molecule is COc1ccccc1C1(CNC(=O)C2CC2)CCC1. The van der Waals surface area contributed by atoms with Crippen molar-refractivity contribution in [1.82, 2.24) is 5.32 Å². The van der Waals surface area contributed by atoms with E-state index in [0.717, 1.165) is 38.0 Å². The van der Waals surface area contributed by atoms with Crippen LogP contribution in [-0.4, -0.2) is 19.6 Å². The predicted octanol–water partition coefficient (Wildman–Crippen LogP) is 2.64. The van der Waals surface area contributed by atoms with E-state index in [1.54, 1.807) is 7.11 Å². The molecule has 0 unspecified atom stereocenters. The Morgan fingerprint density at radius 2 is 2.11 bits per heavy atom. The molecule has 2 aliphatic carbocycles. The number of nitrogens with one attached hydrogen (secondary N) is 1. The molecule has 0 bridgehead atoms. The minimum absolute atomic E-state index is 0.0944. The second kappa shape index (κ2) is 4.87. The van der Waals surface area contributed by atoms with Gasteiger partial charge in [0.2, 0.25) is 5.91 Å². The van der Waals surface area contributed by atoms with E-state index in [2.05, 4.69) is 17.4 Å². The summed E-state index contributed by atoms with van der Waals surface area (Å²) in [5.41, 5.74) is 1.34. The molecular weight excluding hydrogens is 238 g/mol. The van der Waals surface area contributed by atoms with Crippen LogP contribution >= 0.6 is 0 Å². The quantitative estimate of drug-likeness (QED) is 0.882. The van der Waals surface area contributed by atoms with Gasteiger partial charge in [-0.2, -0.15) is 0 Å². The van der Waals surface area contributed by atoms with E-state index in [4.69, 9.17) is 4.74 Å². The Morgan fingerprint density at radius 1 is 1.37 bits per heavy atom. The molecule has 102 valence electrons. The van der Waals surface area contributed by atoms with Crippen molar-refractivity contribution in [1.29, 1.82) is 0 Å². The fraction of sp³-hybridized carbons (Fsp3) is 0.562. The van der Waals surface area contributed by atoms with Crippen molar-refractivity contribution in [2.75, 3.05) is 13.7 Å². The number of hydrogen-bond acceptors (Lipinski definition) is 2. The van der Waals surface area contributed by atoms with Crippen LogP contribution in [0.25, 0.3) is 0 Å². The summed E-state index contributed by atoms with van der Waals surface area (Å²) in [6.07, 6.45) is 5.63. The molecule has 2 fully saturated rings. The van der Waals surface area contributed by atoms with E-state index < -0.39 is 0 Å². The number of carbonyl (C=O) groups is 1. The van der Waals surface area contributed by atoms with Gasteiger partial charge in [0.05, 0.1) is 7.11 Å². The zero-order valence-corrected chi connectivity index (χ0v) is 11.4. The van der Waals surface area contributed by atoms with Gasteiger partial charge in [0.15, 0.2) is 0 Å². The number of ether oxygens (including phenoxy) is 1. The van der Waals surface area contributed by atoms with Crippen LogP contribution in [0.2, 0.25) is 0 Å². The summed E-state index contributed by atoms with van der Waals surface area (Å²) in [5, 5.41) is 3.14. The van der Waals surface area contributed by atoms with E-state index in [9.17, 15) is 4.79 Å². The lowest BCUT2D eigenvalue weighted by Gasteiger charge is -2.43. The molecule has 0 aliphatic heterocycles. The second-order valence-electron chi connectivity index (χ2n) is 5.83. The van der Waals surface area contributed by atoms with Gasteiger partial charge in [0.25, 0.3) is 0 Å². The first-order chi connectivity index (χ1) is 9.25. The van der Waals surface area contributed by atoms with Gasteiger partial charge in [0, 0.05) is 23.4 Å². The highest BCUT2D eigenvalue weighted by atomic mass is 16.5. The average Bonchev–Trinajstić information content (AvgIpc) is 3.22. The van der Waals surface area contributed by atoms with Crippen LogP contribution in [0.5, 0.6) is 5.75 Å². The largest absolute Gasteiger partial charge is 0.496 e. The van der Waals surface area contributed by atoms with E-state index in [0.29, 0.717) is 0 Å². The van der Waals surface area contributed by atoms with Gasteiger partial charge < -0.3 is 10.1 Å². The van der Waals surface area contributed by atoms with Gasteiger partial charge in [-0.25, -0.2) is 0 Å². The lowest BCUT2D eigenvalue weighted by Crippen LogP contribution is -2.46. The van der Waals surface area contributed by atoms with Crippen molar-refractivity contribution >= 4 is 5.91 Å². The molecule has 1 aromatic rings. The first kappa shape index (κ1) is 12.5. The maximum absolute atomic E-state index is 11.8. The van der Waals surface area contributed by atoms with Crippen LogP contribution in [0.15, 0.2) is 24.3 Å². The van der Waals surface area contributed by atoms with Crippen LogP contribution in [0.1, 0.15) is 37.7 Å². The number of rotatable bonds is 5. The van der Waals surface area contributed by atoms with Crippen molar-refractivity contribution in [2.24, 2.45) is 5.92 Å². The molecule has 0 atom stereocenters. The van der Waals surface area contributed by atoms with Gasteiger partial charge in [-0.05, 0) is 31.7 Å². The lowest BCUT2D eigenvalue weighted by molar-refractivity contribution is -0.122. The molecule has 3 heteroatoms. The molecule has 0 aromatic heterocycles. The highest BCUT2D eigenvalue weighted by Gasteiger charge is 2.41. The molecule has 2 aliphatic rings. The summed E-state index contributed by atoms with van der Waals surface area (Å²) in [6, 6.07) is 8.21. The fourth-order valence-electron chi connectivity index (χ4n) is 2.97. The standard InChI is InChI=1S/C16H21NO2/c1-19-14-6-3-2-5-13(14)16(9-4-10-16)11-17-15(18)12-7-8-12/h2-3,5-6,12H,4,7-11H2,1H3,(H,17,18). The molecule has 1 N–H and O–H groups in total. The summed E-state index contributed by atoms with van der Waals surface area (Å²) in [5.74, 6) is 1.47. The number of amides is 1. The van der Waals surface area contributed by atoms with Crippen LogP contribution < -0.4 is 10.1 Å². The Hall–Kier alpha value is -1.51. The number of para-hydroxylation sites is 1. The Labute approximate surface area is 114 Å². The third-order valence-electron chi connectivity index (χ3n) is 4.54. The van der Waals surface area contributed by atoms with E-state index in [-0.39, 0.29) is 17.2 Å². The highest BCUT2D eigenvalue weighted by Crippen LogP contribution is 2.46. The van der Waals surface area contributed by atoms with Gasteiger partial charge >= 0.3 is 0 Å². The molecule has 1 amide bonds. The van der Waals surface area contributed by atoms with Gasteiger partial charge in [-0.1, -0.05) is 24.6 Å². The molecular formula is C16H21NO2. The minimum atomic E-state index is 0.0944. The number of hydrogen-bond donors (Lipinski definition) is 1. The summed E-state index contributed by atoms with van der Waals surface area (Å²) in [4.78, 5) is 11.8. The van der Waals surface area contributed by atoms with Crippen LogP contribution in [0.3, 0.4) is 0 Å². The third kappa shape index (κ3) is 2.34. The maximum Gasteiger partial charge on any atom is 0.223 e. The Kier molecular flexibility index (Phi) is 3.21. The van der Waals surface area contributed by atoms with Gasteiger partial charge in [-0.15, -0.1) is 0 Å². The van der Waals surface area contributed by atoms with Crippen LogP contribution in [-0.2, 0) is 10.2 Å². The maximum atomic E-state index is 11.8. The van der Waals surface area contributed by atoms with E-state index in [1.807, 2.05) is 12.1 Å². The number of carbonyl (C=O) groups excluding carboxylic acids is 1. The van der Waals surface area contributed by atoms with Crippen LogP contribution in [0.4, 0.5) is 0 Å². The zero-order chi connectivity index (χ0) is 13.3. The summed E-state index contributed by atoms with van der Waals surface area (Å²) < 4.78 is 5.48. The smallest absolute Gasteiger partial charge is 0.223 e. The number of benzene rings is 1. The molecule has 3 rings (SSSR count). The van der Waals surface area contributed by atoms with Crippen molar-refractivity contribution < 1.29 is 9.53 Å². The molecule has 0 radical (unpaired) electrons. The second-order valence-corrected chi connectivity index (χ2v) is 5.83. The third-order valence-corrected chi connectivity index (χ3v) is 4.54. The summed E-state index contributed by atoms with van der Waals surface area (Å²) in [6.45, 7) is 0.753. The van der Waals surface area contributed by atoms with Crippen molar-refractivity contribution in [3.05, 3.63) is 29.8 Å². The predicted molar refractivity (Wildman–Crippen MR) is 74.3 cm³/mol. The molecule has 0 heterocycles. The molecule has 2 saturated carbocycles.